The first kappa shape index (κ1) is 20.1. The quantitative estimate of drug-likeness (QED) is 0.808. The van der Waals surface area contributed by atoms with Crippen molar-refractivity contribution in [3.63, 3.8) is 0 Å². The molecule has 0 unspecified atom stereocenters. The van der Waals surface area contributed by atoms with Crippen molar-refractivity contribution in [3.05, 3.63) is 35.4 Å². The van der Waals surface area contributed by atoms with Crippen molar-refractivity contribution in [2.24, 2.45) is 0 Å². The number of benzene rings is 1. The molecule has 6 nitrogen and oxygen atoms in total. The van der Waals surface area contributed by atoms with Gasteiger partial charge in [-0.05, 0) is 44.4 Å². The van der Waals surface area contributed by atoms with Gasteiger partial charge in [0.25, 0.3) is 0 Å². The molecule has 144 valence electrons. The largest absolute Gasteiger partial charge is 0.450 e. The van der Waals surface area contributed by atoms with Crippen molar-refractivity contribution in [1.29, 1.82) is 0 Å². The van der Waals surface area contributed by atoms with E-state index in [4.69, 9.17) is 4.74 Å². The van der Waals surface area contributed by atoms with E-state index in [1.807, 2.05) is 0 Å². The summed E-state index contributed by atoms with van der Waals surface area (Å²) < 4.78 is 31.2. The molecular formula is C18H25F2N3O3. The molecule has 1 aliphatic heterocycles. The number of halogens is 2. The zero-order valence-electron chi connectivity index (χ0n) is 15.1. The van der Waals surface area contributed by atoms with Crippen molar-refractivity contribution in [2.75, 3.05) is 26.2 Å². The number of ether oxygens (including phenoxy) is 1. The molecule has 1 atom stereocenters. The molecule has 8 heteroatoms. The van der Waals surface area contributed by atoms with Gasteiger partial charge >= 0.3 is 6.09 Å². The van der Waals surface area contributed by atoms with Gasteiger partial charge < -0.3 is 20.3 Å². The number of carbonyl (C=O) groups excluding carboxylic acids is 2. The molecule has 1 aromatic carbocycles. The van der Waals surface area contributed by atoms with Crippen LogP contribution in [0, 0.1) is 11.6 Å². The SMILES string of the molecule is CCOC(=O)N1CCC(NC(=O)CN[C@@H](C)c2ccc(F)c(F)c2)CC1. The Morgan fingerprint density at radius 3 is 2.58 bits per heavy atom. The molecule has 2 N–H and O–H groups in total. The number of nitrogens with one attached hydrogen (secondary N) is 2. The second kappa shape index (κ2) is 9.47. The number of hydrogen-bond donors (Lipinski definition) is 2. The van der Waals surface area contributed by atoms with Crippen LogP contribution in [-0.4, -0.2) is 49.2 Å². The highest BCUT2D eigenvalue weighted by molar-refractivity contribution is 5.78. The van der Waals surface area contributed by atoms with Gasteiger partial charge in [0.2, 0.25) is 5.91 Å². The average Bonchev–Trinajstić information content (AvgIpc) is 2.62. The molecule has 1 fully saturated rings. The van der Waals surface area contributed by atoms with Crippen LogP contribution in [0.2, 0.25) is 0 Å². The lowest BCUT2D eigenvalue weighted by Gasteiger charge is -2.31. The Labute approximate surface area is 151 Å². The fourth-order valence-corrected chi connectivity index (χ4v) is 2.85. The lowest BCUT2D eigenvalue weighted by Crippen LogP contribution is -2.48. The lowest BCUT2D eigenvalue weighted by atomic mass is 10.1. The Morgan fingerprint density at radius 1 is 1.27 bits per heavy atom. The summed E-state index contributed by atoms with van der Waals surface area (Å²) in [5.74, 6) is -1.98. The molecule has 0 aromatic heterocycles. The molecule has 1 aliphatic rings. The van der Waals surface area contributed by atoms with Crippen molar-refractivity contribution >= 4 is 12.0 Å². The van der Waals surface area contributed by atoms with Gasteiger partial charge in [-0.1, -0.05) is 6.07 Å². The zero-order valence-corrected chi connectivity index (χ0v) is 15.1. The van der Waals surface area contributed by atoms with Crippen LogP contribution in [0.4, 0.5) is 13.6 Å². The number of rotatable bonds is 6. The van der Waals surface area contributed by atoms with E-state index < -0.39 is 11.6 Å². The van der Waals surface area contributed by atoms with Gasteiger partial charge in [-0.3, -0.25) is 4.79 Å². The molecule has 1 saturated heterocycles. The minimum atomic E-state index is -0.908. The molecule has 0 aliphatic carbocycles. The van der Waals surface area contributed by atoms with Gasteiger partial charge in [0, 0.05) is 25.2 Å². The van der Waals surface area contributed by atoms with Crippen molar-refractivity contribution < 1.29 is 23.1 Å². The maximum absolute atomic E-state index is 13.3. The Kier molecular flexibility index (Phi) is 7.32. The lowest BCUT2D eigenvalue weighted by molar-refractivity contribution is -0.121. The molecular weight excluding hydrogens is 344 g/mol. The van der Waals surface area contributed by atoms with Crippen LogP contribution in [0.1, 0.15) is 38.3 Å². The van der Waals surface area contributed by atoms with Crippen molar-refractivity contribution in [2.45, 2.75) is 38.8 Å². The Bertz CT molecular complexity index is 634. The molecule has 1 heterocycles. The monoisotopic (exact) mass is 369 g/mol. The molecule has 0 bridgehead atoms. The second-order valence-corrected chi connectivity index (χ2v) is 6.30. The van der Waals surface area contributed by atoms with Crippen molar-refractivity contribution in [3.8, 4) is 0 Å². The predicted molar refractivity (Wildman–Crippen MR) is 92.5 cm³/mol. The Balaban J connectivity index is 1.72. The highest BCUT2D eigenvalue weighted by atomic mass is 19.2. The minimum absolute atomic E-state index is 0.00792. The smallest absolute Gasteiger partial charge is 0.409 e. The summed E-state index contributed by atoms with van der Waals surface area (Å²) in [4.78, 5) is 25.3. The fourth-order valence-electron chi connectivity index (χ4n) is 2.85. The van der Waals surface area contributed by atoms with E-state index >= 15 is 0 Å². The molecule has 26 heavy (non-hydrogen) atoms. The van der Waals surface area contributed by atoms with Gasteiger partial charge in [0.1, 0.15) is 0 Å². The molecule has 0 saturated carbocycles. The fraction of sp³-hybridized carbons (Fsp3) is 0.556. The second-order valence-electron chi connectivity index (χ2n) is 6.30. The molecule has 1 aromatic rings. The van der Waals surface area contributed by atoms with Crippen LogP contribution in [0.5, 0.6) is 0 Å². The Morgan fingerprint density at radius 2 is 1.96 bits per heavy atom. The first-order valence-corrected chi connectivity index (χ1v) is 8.80. The van der Waals surface area contributed by atoms with Gasteiger partial charge in [-0.25, -0.2) is 13.6 Å². The standard InChI is InChI=1S/C18H25F2N3O3/c1-3-26-18(25)23-8-6-14(7-9-23)22-17(24)11-21-12(2)13-4-5-15(19)16(20)10-13/h4-5,10,12,14,21H,3,6-9,11H2,1-2H3,(H,22,24)/t12-/m0/s1. The van der Waals surface area contributed by atoms with Gasteiger partial charge in [0.05, 0.1) is 13.2 Å². The highest BCUT2D eigenvalue weighted by Crippen LogP contribution is 2.16. The van der Waals surface area contributed by atoms with E-state index in [0.29, 0.717) is 38.1 Å². The summed E-state index contributed by atoms with van der Waals surface area (Å²) in [6.07, 6.45) is 1.02. The van der Waals surface area contributed by atoms with Crippen LogP contribution in [0.15, 0.2) is 18.2 Å². The Hall–Kier alpha value is -2.22. The summed E-state index contributed by atoms with van der Waals surface area (Å²) >= 11 is 0. The van der Waals surface area contributed by atoms with Gasteiger partial charge in [-0.15, -0.1) is 0 Å². The number of hydrogen-bond acceptors (Lipinski definition) is 4. The minimum Gasteiger partial charge on any atom is -0.450 e. The maximum atomic E-state index is 13.3. The van der Waals surface area contributed by atoms with Crippen LogP contribution < -0.4 is 10.6 Å². The molecule has 0 radical (unpaired) electrons. The van der Waals surface area contributed by atoms with E-state index in [9.17, 15) is 18.4 Å². The third kappa shape index (κ3) is 5.66. The third-order valence-electron chi connectivity index (χ3n) is 4.40. The van der Waals surface area contributed by atoms with E-state index in [0.717, 1.165) is 12.1 Å². The zero-order chi connectivity index (χ0) is 19.1. The summed E-state index contributed by atoms with van der Waals surface area (Å²) in [5, 5.41) is 5.92. The van der Waals surface area contributed by atoms with Crippen molar-refractivity contribution in [1.82, 2.24) is 15.5 Å². The summed E-state index contributed by atoms with van der Waals surface area (Å²) in [6, 6.07) is 3.39. The number of likely N-dealkylation sites (tertiary alicyclic amines) is 1. The maximum Gasteiger partial charge on any atom is 0.409 e. The number of nitrogens with zero attached hydrogens (tertiary/aromatic N) is 1. The molecule has 2 amide bonds. The topological polar surface area (TPSA) is 70.7 Å². The number of amides is 2. The van der Waals surface area contributed by atoms with Crippen LogP contribution in [-0.2, 0) is 9.53 Å². The van der Waals surface area contributed by atoms with Crippen LogP contribution >= 0.6 is 0 Å². The molecule has 2 rings (SSSR count). The first-order valence-electron chi connectivity index (χ1n) is 8.80. The number of carbonyl (C=O) groups is 2. The van der Waals surface area contributed by atoms with E-state index in [-0.39, 0.29) is 30.6 Å². The van der Waals surface area contributed by atoms with E-state index in [1.165, 1.54) is 6.07 Å². The van der Waals surface area contributed by atoms with Gasteiger partial charge in [0.15, 0.2) is 11.6 Å². The third-order valence-corrected chi connectivity index (χ3v) is 4.40. The normalized spacial score (nSPS) is 16.2. The van der Waals surface area contributed by atoms with E-state index in [1.54, 1.807) is 18.7 Å². The van der Waals surface area contributed by atoms with E-state index in [2.05, 4.69) is 10.6 Å². The number of piperidine rings is 1. The van der Waals surface area contributed by atoms with Crippen LogP contribution in [0.3, 0.4) is 0 Å². The highest BCUT2D eigenvalue weighted by Gasteiger charge is 2.24. The first-order chi connectivity index (χ1) is 12.4. The summed E-state index contributed by atoms with van der Waals surface area (Å²) in [6.45, 7) is 5.04. The predicted octanol–water partition coefficient (Wildman–Crippen LogP) is 2.35. The van der Waals surface area contributed by atoms with Crippen LogP contribution in [0.25, 0.3) is 0 Å². The average molecular weight is 369 g/mol. The summed E-state index contributed by atoms with van der Waals surface area (Å²) in [5.41, 5.74) is 0.569. The summed E-state index contributed by atoms with van der Waals surface area (Å²) in [7, 11) is 0. The van der Waals surface area contributed by atoms with Gasteiger partial charge in [-0.2, -0.15) is 0 Å². The molecule has 0 spiro atoms.